The molecule has 1 aromatic carbocycles. The SMILES string of the molecule is CC(C)Oc1ccc(C(=O)C2CC3CCC(C2)S3)cc1. The Kier molecular flexibility index (Phi) is 4.06. The molecule has 2 saturated heterocycles. The molecule has 0 N–H and O–H groups in total. The zero-order chi connectivity index (χ0) is 14.1. The number of Topliss-reactive ketones (excluding diaryl/α,β-unsaturated/α-hetero) is 1. The van der Waals surface area contributed by atoms with E-state index in [4.69, 9.17) is 4.74 Å². The monoisotopic (exact) mass is 290 g/mol. The molecule has 3 heteroatoms. The van der Waals surface area contributed by atoms with Crippen molar-refractivity contribution in [1.29, 1.82) is 0 Å². The number of carbonyl (C=O) groups excluding carboxylic acids is 1. The number of hydrogen-bond acceptors (Lipinski definition) is 3. The van der Waals surface area contributed by atoms with Crippen LogP contribution in [0.3, 0.4) is 0 Å². The molecule has 0 spiro atoms. The van der Waals surface area contributed by atoms with E-state index in [-0.39, 0.29) is 12.0 Å². The maximum absolute atomic E-state index is 12.6. The zero-order valence-electron chi connectivity index (χ0n) is 12.2. The molecule has 0 radical (unpaired) electrons. The molecule has 2 aliphatic heterocycles. The van der Waals surface area contributed by atoms with Gasteiger partial charge in [0.25, 0.3) is 0 Å². The van der Waals surface area contributed by atoms with Crippen molar-refractivity contribution in [3.8, 4) is 5.75 Å². The van der Waals surface area contributed by atoms with Gasteiger partial charge in [0.2, 0.25) is 0 Å². The first-order valence-corrected chi connectivity index (χ1v) is 8.52. The number of thioether (sulfide) groups is 1. The highest BCUT2D eigenvalue weighted by Crippen LogP contribution is 2.46. The minimum atomic E-state index is 0.169. The summed E-state index contributed by atoms with van der Waals surface area (Å²) in [5.74, 6) is 1.42. The van der Waals surface area contributed by atoms with E-state index in [0.717, 1.165) is 34.7 Å². The van der Waals surface area contributed by atoms with Gasteiger partial charge in [0, 0.05) is 22.0 Å². The van der Waals surface area contributed by atoms with Crippen LogP contribution in [0.25, 0.3) is 0 Å². The fourth-order valence-corrected chi connectivity index (χ4v) is 5.05. The van der Waals surface area contributed by atoms with Crippen molar-refractivity contribution >= 4 is 17.5 Å². The molecule has 2 aliphatic rings. The highest BCUT2D eigenvalue weighted by atomic mass is 32.2. The molecule has 2 bridgehead atoms. The van der Waals surface area contributed by atoms with Crippen LogP contribution in [0.5, 0.6) is 5.75 Å². The number of ether oxygens (including phenoxy) is 1. The van der Waals surface area contributed by atoms with Crippen LogP contribution in [-0.4, -0.2) is 22.4 Å². The topological polar surface area (TPSA) is 26.3 Å². The van der Waals surface area contributed by atoms with E-state index in [9.17, 15) is 4.79 Å². The van der Waals surface area contributed by atoms with Gasteiger partial charge in [-0.15, -0.1) is 0 Å². The molecule has 2 atom stereocenters. The van der Waals surface area contributed by atoms with Gasteiger partial charge < -0.3 is 4.74 Å². The Balaban J connectivity index is 1.67. The Morgan fingerprint density at radius 2 is 1.75 bits per heavy atom. The second-order valence-electron chi connectivity index (χ2n) is 6.18. The van der Waals surface area contributed by atoms with Crippen molar-refractivity contribution < 1.29 is 9.53 Å². The maximum atomic E-state index is 12.6. The lowest BCUT2D eigenvalue weighted by atomic mass is 9.90. The summed E-state index contributed by atoms with van der Waals surface area (Å²) >= 11 is 2.11. The zero-order valence-corrected chi connectivity index (χ0v) is 13.0. The summed E-state index contributed by atoms with van der Waals surface area (Å²) in [6.07, 6.45) is 4.93. The van der Waals surface area contributed by atoms with Crippen LogP contribution in [0.2, 0.25) is 0 Å². The van der Waals surface area contributed by atoms with Crippen molar-refractivity contribution in [3.05, 3.63) is 29.8 Å². The van der Waals surface area contributed by atoms with E-state index in [1.165, 1.54) is 12.8 Å². The number of carbonyl (C=O) groups is 1. The van der Waals surface area contributed by atoms with Crippen LogP contribution in [0, 0.1) is 5.92 Å². The van der Waals surface area contributed by atoms with E-state index in [1.807, 2.05) is 38.1 Å². The molecule has 3 rings (SSSR count). The third-order valence-electron chi connectivity index (χ3n) is 4.17. The minimum Gasteiger partial charge on any atom is -0.491 e. The van der Waals surface area contributed by atoms with Crippen LogP contribution in [0.15, 0.2) is 24.3 Å². The van der Waals surface area contributed by atoms with Crippen LogP contribution < -0.4 is 4.74 Å². The average Bonchev–Trinajstić information content (AvgIpc) is 2.77. The first-order chi connectivity index (χ1) is 9.61. The van der Waals surface area contributed by atoms with Gasteiger partial charge in [-0.2, -0.15) is 11.8 Å². The fraction of sp³-hybridized carbons (Fsp3) is 0.588. The molecule has 108 valence electrons. The fourth-order valence-electron chi connectivity index (χ4n) is 3.28. The summed E-state index contributed by atoms with van der Waals surface area (Å²) < 4.78 is 5.62. The average molecular weight is 290 g/mol. The molecule has 2 nitrogen and oxygen atoms in total. The Hall–Kier alpha value is -0.960. The van der Waals surface area contributed by atoms with E-state index in [1.54, 1.807) is 0 Å². The highest BCUT2D eigenvalue weighted by molar-refractivity contribution is 8.00. The lowest BCUT2D eigenvalue weighted by Crippen LogP contribution is -2.24. The van der Waals surface area contributed by atoms with Crippen molar-refractivity contribution in [2.24, 2.45) is 5.92 Å². The molecule has 20 heavy (non-hydrogen) atoms. The van der Waals surface area contributed by atoms with Gasteiger partial charge >= 0.3 is 0 Å². The Bertz CT molecular complexity index is 468. The van der Waals surface area contributed by atoms with Gasteiger partial charge in [0.1, 0.15) is 5.75 Å². The molecule has 0 aromatic heterocycles. The maximum Gasteiger partial charge on any atom is 0.166 e. The molecule has 0 amide bonds. The van der Waals surface area contributed by atoms with Crippen molar-refractivity contribution in [2.45, 2.75) is 56.1 Å². The highest BCUT2D eigenvalue weighted by Gasteiger charge is 2.37. The smallest absolute Gasteiger partial charge is 0.166 e. The summed E-state index contributed by atoms with van der Waals surface area (Å²) in [7, 11) is 0. The van der Waals surface area contributed by atoms with Gasteiger partial charge in [-0.3, -0.25) is 4.79 Å². The second kappa shape index (κ2) is 5.80. The summed E-state index contributed by atoms with van der Waals surface area (Å²) in [5.41, 5.74) is 0.845. The molecule has 0 aliphatic carbocycles. The summed E-state index contributed by atoms with van der Waals surface area (Å²) in [5, 5.41) is 1.46. The van der Waals surface area contributed by atoms with Crippen molar-refractivity contribution in [3.63, 3.8) is 0 Å². The summed E-state index contributed by atoms with van der Waals surface area (Å²) in [4.78, 5) is 12.6. The van der Waals surface area contributed by atoms with Crippen LogP contribution in [-0.2, 0) is 0 Å². The second-order valence-corrected chi connectivity index (χ2v) is 7.79. The first kappa shape index (κ1) is 14.0. The number of fused-ring (bicyclic) bond motifs is 2. The van der Waals surface area contributed by atoms with E-state index in [2.05, 4.69) is 11.8 Å². The Morgan fingerprint density at radius 1 is 1.15 bits per heavy atom. The standard InChI is InChI=1S/C17H22O2S/c1-11(2)19-14-5-3-12(4-6-14)17(18)13-9-15-7-8-16(10-13)20-15/h3-6,11,13,15-16H,7-10H2,1-2H3. The molecular formula is C17H22O2S. The van der Waals surface area contributed by atoms with Crippen molar-refractivity contribution in [1.82, 2.24) is 0 Å². The predicted octanol–water partition coefficient (Wildman–Crippen LogP) is 4.33. The quantitative estimate of drug-likeness (QED) is 0.772. The molecule has 2 fully saturated rings. The van der Waals surface area contributed by atoms with Crippen molar-refractivity contribution in [2.75, 3.05) is 0 Å². The number of rotatable bonds is 4. The first-order valence-electron chi connectivity index (χ1n) is 7.58. The van der Waals surface area contributed by atoms with Gasteiger partial charge in [0.05, 0.1) is 6.10 Å². The van der Waals surface area contributed by atoms with E-state index in [0.29, 0.717) is 5.78 Å². The third-order valence-corrected chi connectivity index (χ3v) is 5.80. The van der Waals surface area contributed by atoms with E-state index < -0.39 is 0 Å². The lowest BCUT2D eigenvalue weighted by Gasteiger charge is -2.26. The molecule has 1 aromatic rings. The number of benzene rings is 1. The Labute approximate surface area is 125 Å². The predicted molar refractivity (Wildman–Crippen MR) is 83.7 cm³/mol. The van der Waals surface area contributed by atoms with Gasteiger partial charge in [-0.05, 0) is 63.8 Å². The van der Waals surface area contributed by atoms with Gasteiger partial charge in [0.15, 0.2) is 5.78 Å². The van der Waals surface area contributed by atoms with E-state index >= 15 is 0 Å². The summed E-state index contributed by atoms with van der Waals surface area (Å²) in [6, 6.07) is 7.67. The summed E-state index contributed by atoms with van der Waals surface area (Å²) in [6.45, 7) is 4.02. The molecule has 2 unspecified atom stereocenters. The molecule has 2 heterocycles. The van der Waals surface area contributed by atoms with Gasteiger partial charge in [-0.1, -0.05) is 0 Å². The number of hydrogen-bond donors (Lipinski definition) is 0. The molecule has 0 saturated carbocycles. The Morgan fingerprint density at radius 3 is 2.30 bits per heavy atom. The minimum absolute atomic E-state index is 0.169. The van der Waals surface area contributed by atoms with Gasteiger partial charge in [-0.25, -0.2) is 0 Å². The largest absolute Gasteiger partial charge is 0.491 e. The third kappa shape index (κ3) is 3.03. The number of ketones is 1. The van der Waals surface area contributed by atoms with Crippen LogP contribution in [0.1, 0.15) is 49.9 Å². The molecular weight excluding hydrogens is 268 g/mol. The normalized spacial score (nSPS) is 28.6. The lowest BCUT2D eigenvalue weighted by molar-refractivity contribution is 0.0907. The van der Waals surface area contributed by atoms with Crippen LogP contribution in [0.4, 0.5) is 0 Å². The van der Waals surface area contributed by atoms with Crippen LogP contribution >= 0.6 is 11.8 Å².